The lowest BCUT2D eigenvalue weighted by atomic mass is 9.78. The van der Waals surface area contributed by atoms with Gasteiger partial charge in [-0.1, -0.05) is 6.08 Å². The lowest BCUT2D eigenvalue weighted by molar-refractivity contribution is -0.149. The van der Waals surface area contributed by atoms with E-state index >= 15 is 0 Å². The van der Waals surface area contributed by atoms with Gasteiger partial charge in [0.05, 0.1) is 5.41 Å². The highest BCUT2D eigenvalue weighted by Crippen LogP contribution is 2.61. The van der Waals surface area contributed by atoms with Crippen molar-refractivity contribution >= 4 is 5.97 Å². The summed E-state index contributed by atoms with van der Waals surface area (Å²) in [5, 5.41) is 9.28. The number of allylic oxidation sites excluding steroid dienone is 1. The largest absolute Gasteiger partial charge is 0.481 e. The summed E-state index contributed by atoms with van der Waals surface area (Å²) in [6.45, 7) is 3.67. The molecule has 2 heteroatoms. The van der Waals surface area contributed by atoms with E-state index in [0.717, 1.165) is 43.9 Å². The maximum Gasteiger partial charge on any atom is 0.309 e. The third kappa shape index (κ3) is 1.58. The van der Waals surface area contributed by atoms with Crippen LogP contribution in [0.2, 0.25) is 0 Å². The van der Waals surface area contributed by atoms with Gasteiger partial charge in [-0.2, -0.15) is 0 Å². The summed E-state index contributed by atoms with van der Waals surface area (Å²) in [4.78, 5) is 11.3. The van der Waals surface area contributed by atoms with Crippen LogP contribution in [0, 0.1) is 17.3 Å². The summed E-state index contributed by atoms with van der Waals surface area (Å²) in [5.41, 5.74) is -0.364. The predicted molar refractivity (Wildman–Crippen MR) is 54.9 cm³/mol. The Balaban J connectivity index is 1.93. The van der Waals surface area contributed by atoms with Crippen LogP contribution in [0.25, 0.3) is 0 Å². The Labute approximate surface area is 85.0 Å². The Morgan fingerprint density at radius 1 is 1.50 bits per heavy atom. The lowest BCUT2D eigenvalue weighted by Gasteiger charge is -2.25. The molecule has 0 aliphatic heterocycles. The molecule has 2 rings (SSSR count). The van der Waals surface area contributed by atoms with Crippen LogP contribution in [-0.4, -0.2) is 11.1 Å². The minimum Gasteiger partial charge on any atom is -0.481 e. The first-order valence-electron chi connectivity index (χ1n) is 5.52. The highest BCUT2D eigenvalue weighted by atomic mass is 16.4. The van der Waals surface area contributed by atoms with E-state index in [-0.39, 0.29) is 5.41 Å². The number of fused-ring (bicyclic) bond motifs is 1. The number of hydrogen-bond acceptors (Lipinski definition) is 1. The van der Waals surface area contributed by atoms with E-state index in [1.807, 2.05) is 6.08 Å². The van der Waals surface area contributed by atoms with Gasteiger partial charge in [-0.05, 0) is 50.4 Å². The SMILES string of the molecule is C=CCCCC1(C(=O)O)CC2CC2C1. The number of rotatable bonds is 5. The minimum absolute atomic E-state index is 0.364. The van der Waals surface area contributed by atoms with Crippen molar-refractivity contribution in [3.05, 3.63) is 12.7 Å². The highest BCUT2D eigenvalue weighted by Gasteiger charge is 2.56. The number of aliphatic carboxylic acids is 1. The summed E-state index contributed by atoms with van der Waals surface area (Å²) in [5.74, 6) is 0.929. The Bertz CT molecular complexity index is 247. The average molecular weight is 194 g/mol. The molecule has 0 bridgehead atoms. The summed E-state index contributed by atoms with van der Waals surface area (Å²) < 4.78 is 0. The molecule has 1 N–H and O–H groups in total. The minimum atomic E-state index is -0.561. The van der Waals surface area contributed by atoms with E-state index in [0.29, 0.717) is 0 Å². The van der Waals surface area contributed by atoms with E-state index in [9.17, 15) is 9.90 Å². The van der Waals surface area contributed by atoms with Crippen LogP contribution in [0.3, 0.4) is 0 Å². The molecule has 0 amide bonds. The van der Waals surface area contributed by atoms with Crippen molar-refractivity contribution in [3.63, 3.8) is 0 Å². The van der Waals surface area contributed by atoms with Crippen LogP contribution < -0.4 is 0 Å². The summed E-state index contributed by atoms with van der Waals surface area (Å²) in [7, 11) is 0. The van der Waals surface area contributed by atoms with Crippen LogP contribution in [-0.2, 0) is 4.79 Å². The fraction of sp³-hybridized carbons (Fsp3) is 0.750. The van der Waals surface area contributed by atoms with Gasteiger partial charge in [-0.3, -0.25) is 4.79 Å². The Morgan fingerprint density at radius 3 is 2.64 bits per heavy atom. The predicted octanol–water partition coefficient (Wildman–Crippen LogP) is 2.84. The van der Waals surface area contributed by atoms with Crippen molar-refractivity contribution in [1.29, 1.82) is 0 Å². The second-order valence-corrected chi connectivity index (χ2v) is 4.93. The molecule has 2 aliphatic carbocycles. The number of carboxylic acid groups (broad SMARTS) is 1. The van der Waals surface area contributed by atoms with Crippen LogP contribution in [0.15, 0.2) is 12.7 Å². The van der Waals surface area contributed by atoms with E-state index in [1.54, 1.807) is 0 Å². The Hall–Kier alpha value is -0.790. The molecule has 2 atom stereocenters. The first-order chi connectivity index (χ1) is 6.68. The average Bonchev–Trinajstić information content (AvgIpc) is 2.75. The van der Waals surface area contributed by atoms with Gasteiger partial charge < -0.3 is 5.11 Å². The van der Waals surface area contributed by atoms with Gasteiger partial charge in [0, 0.05) is 0 Å². The Kier molecular flexibility index (Phi) is 2.38. The molecular weight excluding hydrogens is 176 g/mol. The van der Waals surface area contributed by atoms with Crippen molar-refractivity contribution in [3.8, 4) is 0 Å². The number of carbonyl (C=O) groups is 1. The molecule has 0 aromatic rings. The molecule has 2 nitrogen and oxygen atoms in total. The molecule has 2 aliphatic rings. The molecular formula is C12H18O2. The van der Waals surface area contributed by atoms with Crippen LogP contribution >= 0.6 is 0 Å². The van der Waals surface area contributed by atoms with Gasteiger partial charge in [-0.15, -0.1) is 6.58 Å². The zero-order chi connectivity index (χ0) is 10.2. The highest BCUT2D eigenvalue weighted by molar-refractivity contribution is 5.75. The molecule has 0 aromatic heterocycles. The fourth-order valence-corrected chi connectivity index (χ4v) is 2.97. The summed E-state index contributed by atoms with van der Waals surface area (Å²) >= 11 is 0. The molecule has 0 saturated heterocycles. The molecule has 78 valence electrons. The van der Waals surface area contributed by atoms with Crippen LogP contribution in [0.5, 0.6) is 0 Å². The van der Waals surface area contributed by atoms with Crippen LogP contribution in [0.4, 0.5) is 0 Å². The van der Waals surface area contributed by atoms with Gasteiger partial charge in [0.25, 0.3) is 0 Å². The van der Waals surface area contributed by atoms with Crippen molar-refractivity contribution in [2.75, 3.05) is 0 Å². The normalized spacial score (nSPS) is 39.1. The summed E-state index contributed by atoms with van der Waals surface area (Å²) in [6.07, 6.45) is 7.82. The summed E-state index contributed by atoms with van der Waals surface area (Å²) in [6, 6.07) is 0. The molecule has 2 unspecified atom stereocenters. The number of carboxylic acids is 1. The van der Waals surface area contributed by atoms with Gasteiger partial charge in [-0.25, -0.2) is 0 Å². The van der Waals surface area contributed by atoms with Crippen molar-refractivity contribution in [1.82, 2.24) is 0 Å². The molecule has 2 saturated carbocycles. The van der Waals surface area contributed by atoms with E-state index in [2.05, 4.69) is 6.58 Å². The third-order valence-electron chi connectivity index (χ3n) is 3.89. The van der Waals surface area contributed by atoms with Gasteiger partial charge >= 0.3 is 5.97 Å². The maximum atomic E-state index is 11.3. The molecule has 0 aromatic carbocycles. The van der Waals surface area contributed by atoms with Gasteiger partial charge in [0.2, 0.25) is 0 Å². The van der Waals surface area contributed by atoms with Gasteiger partial charge in [0.15, 0.2) is 0 Å². The van der Waals surface area contributed by atoms with Crippen molar-refractivity contribution < 1.29 is 9.90 Å². The van der Waals surface area contributed by atoms with E-state index in [1.165, 1.54) is 6.42 Å². The third-order valence-corrected chi connectivity index (χ3v) is 3.89. The second kappa shape index (κ2) is 3.41. The quantitative estimate of drug-likeness (QED) is 0.539. The van der Waals surface area contributed by atoms with Crippen LogP contribution in [0.1, 0.15) is 38.5 Å². The zero-order valence-corrected chi connectivity index (χ0v) is 8.54. The molecule has 0 heterocycles. The van der Waals surface area contributed by atoms with Gasteiger partial charge in [0.1, 0.15) is 0 Å². The first-order valence-corrected chi connectivity index (χ1v) is 5.52. The van der Waals surface area contributed by atoms with E-state index < -0.39 is 5.97 Å². The fourth-order valence-electron chi connectivity index (χ4n) is 2.97. The molecule has 0 spiro atoms. The number of unbranched alkanes of at least 4 members (excludes halogenated alkanes) is 1. The molecule has 14 heavy (non-hydrogen) atoms. The lowest BCUT2D eigenvalue weighted by Crippen LogP contribution is -2.29. The first kappa shape index (κ1) is 9.75. The number of hydrogen-bond donors (Lipinski definition) is 1. The van der Waals surface area contributed by atoms with Crippen molar-refractivity contribution in [2.24, 2.45) is 17.3 Å². The standard InChI is InChI=1S/C12H18O2/c1-2-3-4-5-12(11(13)14)7-9-6-10(9)8-12/h2,9-10H,1,3-8H2,(H,13,14). The smallest absolute Gasteiger partial charge is 0.309 e. The van der Waals surface area contributed by atoms with E-state index in [4.69, 9.17) is 0 Å². The maximum absolute atomic E-state index is 11.3. The monoisotopic (exact) mass is 194 g/mol. The molecule has 2 fully saturated rings. The van der Waals surface area contributed by atoms with Crippen molar-refractivity contribution in [2.45, 2.75) is 38.5 Å². The molecule has 0 radical (unpaired) electrons. The zero-order valence-electron chi connectivity index (χ0n) is 8.54. The topological polar surface area (TPSA) is 37.3 Å². The Morgan fingerprint density at radius 2 is 2.14 bits per heavy atom. The second-order valence-electron chi connectivity index (χ2n) is 4.93.